The summed E-state index contributed by atoms with van der Waals surface area (Å²) in [6, 6.07) is 4.59. The van der Waals surface area contributed by atoms with Crippen molar-refractivity contribution >= 4 is 47.7 Å². The molecule has 0 bridgehead atoms. The smallest absolute Gasteiger partial charge is 0.352 e. The highest BCUT2D eigenvalue weighted by atomic mass is 32.2. The van der Waals surface area contributed by atoms with Gasteiger partial charge in [0.2, 0.25) is 18.2 Å². The number of carboxylic acid groups (broad SMARTS) is 1. The summed E-state index contributed by atoms with van der Waals surface area (Å²) < 4.78 is 10.9. The minimum absolute atomic E-state index is 0.107. The highest BCUT2D eigenvalue weighted by Crippen LogP contribution is 2.47. The van der Waals surface area contributed by atoms with Crippen molar-refractivity contribution in [3.8, 4) is 5.75 Å². The second kappa shape index (κ2) is 10.8. The van der Waals surface area contributed by atoms with Crippen LogP contribution < -0.4 is 10.6 Å². The number of benzene rings is 1. The van der Waals surface area contributed by atoms with Gasteiger partial charge in [-0.15, -0.1) is 22.0 Å². The van der Waals surface area contributed by atoms with Crippen molar-refractivity contribution in [2.75, 3.05) is 18.6 Å². The number of methoxy groups -OCH3 is 1. The fraction of sp³-hybridized carbons (Fsp3) is 0.364. The summed E-state index contributed by atoms with van der Waals surface area (Å²) >= 11 is 2.37. The number of hydrogen-bond acceptors (Lipinski definition) is 11. The standard InChI is InChI=1S/C22H23N5O8S2/c1-3-14-25-26-21(35-14)37-9-11-8-36-20-22(34-2,19(33)27(20)16(11)18(31)32)24-17(30)15(23-10-28)12-6-4-5-7-13(12)29/h4-7,10,15,20,29H,3,8-9H2,1-2H3,(H,23,28)(H,24,30)(H,31,32)/t15?,20?,22-/m0/s1. The lowest BCUT2D eigenvalue weighted by Gasteiger charge is -2.56. The van der Waals surface area contributed by atoms with Gasteiger partial charge in [-0.2, -0.15) is 0 Å². The Morgan fingerprint density at radius 3 is 2.78 bits per heavy atom. The molecule has 37 heavy (non-hydrogen) atoms. The molecule has 1 aromatic heterocycles. The first kappa shape index (κ1) is 26.5. The van der Waals surface area contributed by atoms with Crippen LogP contribution in [0.1, 0.15) is 24.4 Å². The molecular formula is C22H23N5O8S2. The minimum Gasteiger partial charge on any atom is -0.508 e. The van der Waals surface area contributed by atoms with Crippen molar-refractivity contribution in [3.63, 3.8) is 0 Å². The number of β-lactam (4-membered cyclic amide) rings is 1. The summed E-state index contributed by atoms with van der Waals surface area (Å²) in [7, 11) is 1.22. The lowest BCUT2D eigenvalue weighted by atomic mass is 9.97. The van der Waals surface area contributed by atoms with Crippen LogP contribution in [0.2, 0.25) is 0 Å². The molecule has 4 rings (SSSR count). The monoisotopic (exact) mass is 549 g/mol. The van der Waals surface area contributed by atoms with Crippen LogP contribution in [0.25, 0.3) is 0 Å². The van der Waals surface area contributed by atoms with Crippen molar-refractivity contribution in [1.82, 2.24) is 25.7 Å². The Labute approximate surface area is 219 Å². The lowest BCUT2D eigenvalue weighted by molar-refractivity contribution is -0.193. The Hall–Kier alpha value is -3.56. The van der Waals surface area contributed by atoms with Crippen LogP contribution >= 0.6 is 23.5 Å². The van der Waals surface area contributed by atoms with Gasteiger partial charge < -0.3 is 30.0 Å². The van der Waals surface area contributed by atoms with Crippen LogP contribution in [0.3, 0.4) is 0 Å². The quantitative estimate of drug-likeness (QED) is 0.133. The summed E-state index contributed by atoms with van der Waals surface area (Å²) in [5.41, 5.74) is -1.51. The summed E-state index contributed by atoms with van der Waals surface area (Å²) in [6.45, 7) is 1.86. The Balaban J connectivity index is 1.57. The molecule has 0 radical (unpaired) electrons. The van der Waals surface area contributed by atoms with Crippen LogP contribution in [-0.2, 0) is 30.3 Å². The van der Waals surface area contributed by atoms with Gasteiger partial charge in [-0.05, 0) is 11.6 Å². The first-order valence-electron chi connectivity index (χ1n) is 11.0. The number of rotatable bonds is 11. The first-order chi connectivity index (χ1) is 17.8. The number of hydrogen-bond donors (Lipinski definition) is 4. The van der Waals surface area contributed by atoms with Crippen molar-refractivity contribution in [2.24, 2.45) is 0 Å². The summed E-state index contributed by atoms with van der Waals surface area (Å²) in [6.07, 6.45) is 0.858. The topological polar surface area (TPSA) is 184 Å². The van der Waals surface area contributed by atoms with E-state index in [9.17, 15) is 29.4 Å². The van der Waals surface area contributed by atoms with Gasteiger partial charge in [0.05, 0.1) is 0 Å². The third-order valence-electron chi connectivity index (χ3n) is 5.81. The maximum absolute atomic E-state index is 13.3. The van der Waals surface area contributed by atoms with Crippen LogP contribution in [-0.4, -0.2) is 79.2 Å². The molecule has 2 aliphatic heterocycles. The number of aryl methyl sites for hydroxylation is 1. The number of carbonyl (C=O) groups excluding carboxylic acids is 3. The number of nitrogens with zero attached hydrogens (tertiary/aromatic N) is 3. The van der Waals surface area contributed by atoms with Crippen LogP contribution in [0.5, 0.6) is 5.75 Å². The highest BCUT2D eigenvalue weighted by molar-refractivity contribution is 8.01. The number of carboxylic acids is 1. The number of phenolic OH excluding ortho intramolecular Hbond substituents is 1. The normalized spacial score (nSPS) is 21.6. The molecule has 3 heterocycles. The molecule has 2 aromatic rings. The highest BCUT2D eigenvalue weighted by Gasteiger charge is 2.67. The number of aromatic nitrogens is 2. The fourth-order valence-electron chi connectivity index (χ4n) is 4.00. The Morgan fingerprint density at radius 2 is 2.16 bits per heavy atom. The van der Waals surface area contributed by atoms with E-state index in [-0.39, 0.29) is 33.7 Å². The van der Waals surface area contributed by atoms with Gasteiger partial charge in [0.1, 0.15) is 22.9 Å². The SMILES string of the molecule is CCc1nnc(SCC2=C(C(=O)O)N3C(=O)[C@](NC(=O)C(NC=O)c4ccccc4O)(OC)C3SC2)o1. The molecule has 3 amide bonds. The molecule has 2 unspecified atom stereocenters. The molecule has 2 aliphatic rings. The molecule has 3 atom stereocenters. The van der Waals surface area contributed by atoms with E-state index in [1.54, 1.807) is 12.1 Å². The van der Waals surface area contributed by atoms with E-state index in [0.717, 1.165) is 16.7 Å². The van der Waals surface area contributed by atoms with E-state index in [0.29, 0.717) is 24.3 Å². The molecular weight excluding hydrogens is 526 g/mol. The number of para-hydroxylation sites is 1. The van der Waals surface area contributed by atoms with Crippen molar-refractivity contribution in [1.29, 1.82) is 0 Å². The number of nitrogens with one attached hydrogen (secondary N) is 2. The van der Waals surface area contributed by atoms with Gasteiger partial charge in [-0.1, -0.05) is 36.9 Å². The van der Waals surface area contributed by atoms with Crippen molar-refractivity contribution in [3.05, 3.63) is 47.0 Å². The average molecular weight is 550 g/mol. The zero-order chi connectivity index (χ0) is 26.7. The zero-order valence-corrected chi connectivity index (χ0v) is 21.3. The Morgan fingerprint density at radius 1 is 1.41 bits per heavy atom. The largest absolute Gasteiger partial charge is 0.508 e. The summed E-state index contributed by atoms with van der Waals surface area (Å²) in [5.74, 6) is -2.27. The number of aromatic hydroxyl groups is 1. The van der Waals surface area contributed by atoms with Crippen molar-refractivity contribution in [2.45, 2.75) is 35.7 Å². The molecule has 0 saturated carbocycles. The molecule has 13 nitrogen and oxygen atoms in total. The molecule has 196 valence electrons. The molecule has 15 heteroatoms. The summed E-state index contributed by atoms with van der Waals surface area (Å²) in [5, 5.41) is 32.1. The Kier molecular flexibility index (Phi) is 7.75. The van der Waals surface area contributed by atoms with E-state index in [2.05, 4.69) is 20.8 Å². The number of aliphatic carboxylic acids is 1. The van der Waals surface area contributed by atoms with Crippen LogP contribution in [0, 0.1) is 0 Å². The Bertz CT molecular complexity index is 1270. The molecule has 0 spiro atoms. The molecule has 1 saturated heterocycles. The van der Waals surface area contributed by atoms with Gasteiger partial charge in [-0.25, -0.2) is 4.79 Å². The second-order valence-electron chi connectivity index (χ2n) is 7.91. The number of ether oxygens (including phenoxy) is 1. The van der Waals surface area contributed by atoms with E-state index in [1.807, 2.05) is 6.92 Å². The van der Waals surface area contributed by atoms with Gasteiger partial charge >= 0.3 is 5.97 Å². The van der Waals surface area contributed by atoms with Crippen LogP contribution in [0.15, 0.2) is 45.2 Å². The summed E-state index contributed by atoms with van der Waals surface area (Å²) in [4.78, 5) is 50.9. The molecule has 1 aromatic carbocycles. The number of amides is 3. The lowest BCUT2D eigenvalue weighted by Crippen LogP contribution is -2.81. The average Bonchev–Trinajstić information content (AvgIpc) is 3.36. The van der Waals surface area contributed by atoms with E-state index in [1.165, 1.54) is 31.0 Å². The predicted molar refractivity (Wildman–Crippen MR) is 130 cm³/mol. The molecule has 4 N–H and O–H groups in total. The predicted octanol–water partition coefficient (Wildman–Crippen LogP) is 0.630. The van der Waals surface area contributed by atoms with E-state index in [4.69, 9.17) is 9.15 Å². The van der Waals surface area contributed by atoms with Crippen molar-refractivity contribution < 1.29 is 38.5 Å². The number of phenols is 1. The second-order valence-corrected chi connectivity index (χ2v) is 9.90. The molecule has 0 aliphatic carbocycles. The maximum atomic E-state index is 13.3. The third kappa shape index (κ3) is 4.76. The number of carbonyl (C=O) groups is 4. The first-order valence-corrected chi connectivity index (χ1v) is 13.0. The van der Waals surface area contributed by atoms with Gasteiger partial charge in [-0.3, -0.25) is 19.3 Å². The number of thioether (sulfide) groups is 2. The fourth-order valence-corrected chi connectivity index (χ4v) is 6.36. The third-order valence-corrected chi connectivity index (χ3v) is 8.09. The van der Waals surface area contributed by atoms with Gasteiger partial charge in [0, 0.05) is 30.6 Å². The maximum Gasteiger partial charge on any atom is 0.352 e. The van der Waals surface area contributed by atoms with Crippen LogP contribution in [0.4, 0.5) is 0 Å². The van der Waals surface area contributed by atoms with E-state index >= 15 is 0 Å². The van der Waals surface area contributed by atoms with Gasteiger partial charge in [0.15, 0.2) is 0 Å². The van der Waals surface area contributed by atoms with E-state index < -0.39 is 34.9 Å². The number of fused-ring (bicyclic) bond motifs is 1. The molecule has 1 fully saturated rings. The zero-order valence-electron chi connectivity index (χ0n) is 19.7. The van der Waals surface area contributed by atoms with Gasteiger partial charge in [0.25, 0.3) is 16.9 Å². The minimum atomic E-state index is -1.88.